The highest BCUT2D eigenvalue weighted by Crippen LogP contribution is 2.66. The fourth-order valence-electron chi connectivity index (χ4n) is 6.32. The maximum atomic E-state index is 12.0. The molecule has 1 atom stereocenters. The summed E-state index contributed by atoms with van der Waals surface area (Å²) in [5, 5.41) is 3.02. The molecule has 1 unspecified atom stereocenters. The van der Waals surface area contributed by atoms with Crippen molar-refractivity contribution in [2.75, 3.05) is 18.8 Å². The number of fused-ring (bicyclic) bond motifs is 1. The van der Waals surface area contributed by atoms with Gasteiger partial charge in [-0.05, 0) is 66.4 Å². The summed E-state index contributed by atoms with van der Waals surface area (Å²) in [6.45, 7) is 1.97. The maximum absolute atomic E-state index is 12.0. The SMILES string of the molecule is N=S1(CC(N)=O)(C2CCN(C3Cc4cccc5cccc3c45)CC2)c2ccccc21. The molecule has 0 saturated carbocycles. The quantitative estimate of drug-likeness (QED) is 0.623. The Labute approximate surface area is 176 Å². The zero-order valence-electron chi connectivity index (χ0n) is 17.0. The Morgan fingerprint density at radius 1 is 1.00 bits per heavy atom. The van der Waals surface area contributed by atoms with Crippen LogP contribution in [0.25, 0.3) is 10.8 Å². The number of piperidine rings is 1. The number of nitrogens with zero attached hydrogens (tertiary/aromatic N) is 1. The van der Waals surface area contributed by atoms with Crippen molar-refractivity contribution in [3.05, 3.63) is 71.8 Å². The fraction of sp³-hybridized carbons (Fsp3) is 0.320. The van der Waals surface area contributed by atoms with E-state index in [1.54, 1.807) is 0 Å². The lowest BCUT2D eigenvalue weighted by atomic mass is 10.0. The van der Waals surface area contributed by atoms with Crippen LogP contribution in [-0.2, 0) is 20.2 Å². The molecule has 1 saturated heterocycles. The van der Waals surface area contributed by atoms with Gasteiger partial charge in [0.25, 0.3) is 0 Å². The summed E-state index contributed by atoms with van der Waals surface area (Å²) in [5.41, 5.74) is 8.58. The van der Waals surface area contributed by atoms with Gasteiger partial charge in [-0.15, -0.1) is 8.96 Å². The number of hydrogen-bond acceptors (Lipinski definition) is 3. The van der Waals surface area contributed by atoms with E-state index in [1.165, 1.54) is 21.9 Å². The molecule has 154 valence electrons. The van der Waals surface area contributed by atoms with E-state index in [9.17, 15) is 9.57 Å². The van der Waals surface area contributed by atoms with Crippen LogP contribution in [0.5, 0.6) is 0 Å². The second-order valence-corrected chi connectivity index (χ2v) is 13.5. The molecule has 0 spiro atoms. The van der Waals surface area contributed by atoms with E-state index in [-0.39, 0.29) is 16.9 Å². The molecule has 1 fully saturated rings. The molecule has 6 rings (SSSR count). The zero-order valence-corrected chi connectivity index (χ0v) is 17.8. The van der Waals surface area contributed by atoms with Crippen LogP contribution >= 0.6 is 0 Å². The molecule has 1 aliphatic carbocycles. The molecule has 3 N–H and O–H groups in total. The summed E-state index contributed by atoms with van der Waals surface area (Å²) >= 11 is 0. The smallest absolute Gasteiger partial charge is 0.227 e. The first-order valence-corrected chi connectivity index (χ1v) is 13.1. The molecule has 4 nitrogen and oxygen atoms in total. The van der Waals surface area contributed by atoms with Gasteiger partial charge in [-0.1, -0.05) is 48.5 Å². The minimum atomic E-state index is -2.78. The van der Waals surface area contributed by atoms with Crippen molar-refractivity contribution < 1.29 is 4.79 Å². The third-order valence-corrected chi connectivity index (χ3v) is 13.0. The van der Waals surface area contributed by atoms with E-state index in [0.29, 0.717) is 6.04 Å². The van der Waals surface area contributed by atoms with Crippen molar-refractivity contribution in [3.63, 3.8) is 0 Å². The number of primary amides is 1. The Morgan fingerprint density at radius 2 is 1.67 bits per heavy atom. The summed E-state index contributed by atoms with van der Waals surface area (Å²) < 4.78 is 9.66. The van der Waals surface area contributed by atoms with Crippen molar-refractivity contribution in [2.24, 2.45) is 5.73 Å². The number of likely N-dealkylation sites (tertiary alicyclic amines) is 1. The number of carbonyl (C=O) groups is 1. The third kappa shape index (κ3) is 2.25. The van der Waals surface area contributed by atoms with Crippen molar-refractivity contribution in [2.45, 2.75) is 40.3 Å². The van der Waals surface area contributed by atoms with Gasteiger partial charge in [0.2, 0.25) is 5.91 Å². The van der Waals surface area contributed by atoms with E-state index >= 15 is 0 Å². The Bertz CT molecular complexity index is 1240. The average molecular weight is 418 g/mol. The number of nitrogens with one attached hydrogen (secondary N) is 1. The van der Waals surface area contributed by atoms with Crippen molar-refractivity contribution in [1.82, 2.24) is 4.90 Å². The monoisotopic (exact) mass is 417 g/mol. The van der Waals surface area contributed by atoms with Gasteiger partial charge in [0.1, 0.15) is 0 Å². The number of benzene rings is 3. The number of hydrogen-bond donors (Lipinski definition) is 2. The molecule has 2 heterocycles. The van der Waals surface area contributed by atoms with Crippen molar-refractivity contribution in [1.29, 1.82) is 4.78 Å². The maximum Gasteiger partial charge on any atom is 0.227 e. The van der Waals surface area contributed by atoms with E-state index in [2.05, 4.69) is 53.4 Å². The van der Waals surface area contributed by atoms with Gasteiger partial charge in [0.05, 0.1) is 5.75 Å². The highest BCUT2D eigenvalue weighted by Gasteiger charge is 2.59. The Kier molecular flexibility index (Phi) is 3.67. The molecule has 3 aliphatic rings. The third-order valence-electron chi connectivity index (χ3n) is 7.70. The second-order valence-electron chi connectivity index (χ2n) is 9.13. The van der Waals surface area contributed by atoms with Crippen molar-refractivity contribution in [3.8, 4) is 0 Å². The Balaban J connectivity index is 1.27. The lowest BCUT2D eigenvalue weighted by Crippen LogP contribution is -2.47. The lowest BCUT2D eigenvalue weighted by molar-refractivity contribution is -0.115. The van der Waals surface area contributed by atoms with Crippen LogP contribution in [0.4, 0.5) is 0 Å². The molecule has 0 radical (unpaired) electrons. The van der Waals surface area contributed by atoms with Gasteiger partial charge in [-0.25, -0.2) is 0 Å². The summed E-state index contributed by atoms with van der Waals surface area (Å²) in [6.07, 6.45) is 3.01. The Morgan fingerprint density at radius 3 is 2.33 bits per heavy atom. The molecule has 0 bridgehead atoms. The molecule has 0 aromatic heterocycles. The topological polar surface area (TPSA) is 70.2 Å². The predicted octanol–water partition coefficient (Wildman–Crippen LogP) is 4.27. The summed E-state index contributed by atoms with van der Waals surface area (Å²) in [4.78, 5) is 16.8. The molecule has 2 aliphatic heterocycles. The lowest BCUT2D eigenvalue weighted by Gasteiger charge is -2.44. The summed E-state index contributed by atoms with van der Waals surface area (Å²) in [6, 6.07) is 21.9. The van der Waals surface area contributed by atoms with E-state index in [1.807, 2.05) is 12.1 Å². The first-order valence-electron chi connectivity index (χ1n) is 10.8. The number of amides is 1. The van der Waals surface area contributed by atoms with Gasteiger partial charge in [0.15, 0.2) is 0 Å². The zero-order chi connectivity index (χ0) is 20.5. The van der Waals surface area contributed by atoms with Crippen LogP contribution in [0.2, 0.25) is 0 Å². The first kappa shape index (κ1) is 18.3. The molecular weight excluding hydrogens is 390 g/mol. The van der Waals surface area contributed by atoms with Gasteiger partial charge in [-0.2, -0.15) is 0 Å². The van der Waals surface area contributed by atoms with Crippen LogP contribution in [0, 0.1) is 4.78 Å². The highest BCUT2D eigenvalue weighted by atomic mass is 32.3. The van der Waals surface area contributed by atoms with Crippen LogP contribution in [0.15, 0.2) is 70.5 Å². The summed E-state index contributed by atoms with van der Waals surface area (Å²) in [7, 11) is -2.78. The predicted molar refractivity (Wildman–Crippen MR) is 122 cm³/mol. The van der Waals surface area contributed by atoms with Crippen LogP contribution < -0.4 is 5.73 Å². The standard InChI is InChI=1S/C25H27N3OS/c26-24(29)16-30(27,22-9-1-2-10-23(22)30)19-11-13-28(14-12-19)21-15-18-7-3-5-17-6-4-8-20(21)25(17)18/h1-10,19,21,27H,11-16H2,(H2,26,29). The van der Waals surface area contributed by atoms with E-state index in [4.69, 9.17) is 5.73 Å². The average Bonchev–Trinajstić information content (AvgIpc) is 3.10. The number of rotatable bonds is 4. The minimum absolute atomic E-state index is 0.204. The van der Waals surface area contributed by atoms with Crippen LogP contribution in [-0.4, -0.2) is 34.9 Å². The van der Waals surface area contributed by atoms with Gasteiger partial charge in [-0.3, -0.25) is 14.5 Å². The minimum Gasteiger partial charge on any atom is -0.369 e. The van der Waals surface area contributed by atoms with Crippen LogP contribution in [0.1, 0.15) is 30.0 Å². The van der Waals surface area contributed by atoms with Gasteiger partial charge >= 0.3 is 0 Å². The van der Waals surface area contributed by atoms with E-state index < -0.39 is 8.96 Å². The first-order chi connectivity index (χ1) is 14.5. The molecule has 1 amide bonds. The second kappa shape index (κ2) is 6.02. The largest absolute Gasteiger partial charge is 0.369 e. The molecule has 30 heavy (non-hydrogen) atoms. The number of nitrogens with two attached hydrogens (primary N) is 1. The van der Waals surface area contributed by atoms with Gasteiger partial charge in [0, 0.05) is 21.1 Å². The fourth-order valence-corrected chi connectivity index (χ4v) is 11.5. The molecule has 5 heteroatoms. The Hall–Kier alpha value is -2.50. The van der Waals surface area contributed by atoms with Crippen molar-refractivity contribution >= 4 is 25.6 Å². The molecule has 3 aromatic carbocycles. The summed E-state index contributed by atoms with van der Waals surface area (Å²) in [5.74, 6) is -0.126. The molecule has 3 aromatic rings. The van der Waals surface area contributed by atoms with Crippen LogP contribution in [0.3, 0.4) is 0 Å². The van der Waals surface area contributed by atoms with Gasteiger partial charge < -0.3 is 5.73 Å². The normalized spacial score (nSPS) is 25.3. The number of carbonyl (C=O) groups excluding carboxylic acids is 1. The highest BCUT2D eigenvalue weighted by molar-refractivity contribution is 8.26. The molecular formula is C25H27N3OS. The van der Waals surface area contributed by atoms with E-state index in [0.717, 1.165) is 42.1 Å².